The summed E-state index contributed by atoms with van der Waals surface area (Å²) < 4.78 is 11.0. The van der Waals surface area contributed by atoms with Gasteiger partial charge in [0.2, 0.25) is 5.91 Å². The van der Waals surface area contributed by atoms with Crippen molar-refractivity contribution in [2.24, 2.45) is 5.41 Å². The van der Waals surface area contributed by atoms with Crippen LogP contribution in [-0.4, -0.2) is 46.4 Å². The van der Waals surface area contributed by atoms with Crippen molar-refractivity contribution in [1.82, 2.24) is 10.6 Å². The Morgan fingerprint density at radius 3 is 2.46 bits per heavy atom. The summed E-state index contributed by atoms with van der Waals surface area (Å²) in [6, 6.07) is 8.26. The molecular weight excluding hydrogens is 328 g/mol. The largest absolute Gasteiger partial charge is 0.496 e. The van der Waals surface area contributed by atoms with E-state index in [9.17, 15) is 4.79 Å². The van der Waals surface area contributed by atoms with Crippen molar-refractivity contribution in [3.8, 4) is 5.75 Å². The van der Waals surface area contributed by atoms with E-state index in [0.29, 0.717) is 13.2 Å². The van der Waals surface area contributed by atoms with Gasteiger partial charge < -0.3 is 20.1 Å². The van der Waals surface area contributed by atoms with Gasteiger partial charge in [-0.05, 0) is 44.8 Å². The van der Waals surface area contributed by atoms with Crippen LogP contribution in [0.1, 0.15) is 44.1 Å². The van der Waals surface area contributed by atoms with Gasteiger partial charge in [0.1, 0.15) is 5.75 Å². The molecule has 0 aromatic heterocycles. The Kier molecular flexibility index (Phi) is 6.20. The third kappa shape index (κ3) is 3.74. The highest BCUT2D eigenvalue weighted by Gasteiger charge is 2.42. The number of benzene rings is 1. The highest BCUT2D eigenvalue weighted by Crippen LogP contribution is 2.44. The summed E-state index contributed by atoms with van der Waals surface area (Å²) in [5, 5.41) is 6.65. The molecule has 1 saturated heterocycles. The molecular formula is C21H32N2O3. The molecule has 1 aromatic rings. The van der Waals surface area contributed by atoms with Gasteiger partial charge >= 0.3 is 0 Å². The number of para-hydroxylation sites is 1. The topological polar surface area (TPSA) is 59.6 Å². The van der Waals surface area contributed by atoms with Crippen LogP contribution < -0.4 is 15.4 Å². The van der Waals surface area contributed by atoms with E-state index in [4.69, 9.17) is 9.47 Å². The number of methoxy groups -OCH3 is 2. The van der Waals surface area contributed by atoms with Gasteiger partial charge in [-0.15, -0.1) is 0 Å². The summed E-state index contributed by atoms with van der Waals surface area (Å²) in [5.41, 5.74) is 0.802. The summed E-state index contributed by atoms with van der Waals surface area (Å²) in [7, 11) is 3.41. The van der Waals surface area contributed by atoms with E-state index in [1.54, 1.807) is 14.2 Å². The molecule has 0 spiro atoms. The fraction of sp³-hybridized carbons (Fsp3) is 0.667. The average Bonchev–Trinajstić information content (AvgIpc) is 3.17. The van der Waals surface area contributed by atoms with Gasteiger partial charge in [0.25, 0.3) is 0 Å². The number of piperidine rings is 1. The molecule has 1 heterocycles. The van der Waals surface area contributed by atoms with E-state index < -0.39 is 5.41 Å². The van der Waals surface area contributed by atoms with Crippen LogP contribution in [-0.2, 0) is 14.9 Å². The lowest BCUT2D eigenvalue weighted by Gasteiger charge is -2.38. The number of rotatable bonds is 7. The lowest BCUT2D eigenvalue weighted by atomic mass is 9.76. The number of carbonyl (C=O) groups excluding carboxylic acids is 1. The maximum Gasteiger partial charge on any atom is 0.228 e. The molecule has 0 bridgehead atoms. The summed E-state index contributed by atoms with van der Waals surface area (Å²) in [6.07, 6.45) is 6.23. The van der Waals surface area contributed by atoms with Gasteiger partial charge in [0.15, 0.2) is 0 Å². The predicted octanol–water partition coefficient (Wildman–Crippen LogP) is 2.64. The summed E-state index contributed by atoms with van der Waals surface area (Å²) >= 11 is 0. The van der Waals surface area contributed by atoms with Crippen LogP contribution in [0.5, 0.6) is 5.75 Å². The standard InChI is InChI=1S/C21H32N2O3/c1-25-16-21(11-13-22-14-12-21)19(24)23-15-20(9-5-6-10-20)17-7-3-4-8-18(17)26-2/h3-4,7-8,22H,5-6,9-16H2,1-2H3,(H,23,24). The molecule has 2 N–H and O–H groups in total. The van der Waals surface area contributed by atoms with Gasteiger partial charge in [-0.2, -0.15) is 0 Å². The third-order valence-electron chi connectivity index (χ3n) is 6.29. The number of ether oxygens (including phenoxy) is 2. The molecule has 0 radical (unpaired) electrons. The third-order valence-corrected chi connectivity index (χ3v) is 6.29. The van der Waals surface area contributed by atoms with E-state index in [2.05, 4.69) is 22.8 Å². The number of nitrogens with one attached hydrogen (secondary N) is 2. The first kappa shape index (κ1) is 19.2. The first-order chi connectivity index (χ1) is 12.7. The van der Waals surface area contributed by atoms with Crippen molar-refractivity contribution in [2.75, 3.05) is 40.5 Å². The quantitative estimate of drug-likeness (QED) is 0.785. The zero-order valence-corrected chi connectivity index (χ0v) is 16.1. The normalized spacial score (nSPS) is 21.3. The highest BCUT2D eigenvalue weighted by atomic mass is 16.5. The fourth-order valence-corrected chi connectivity index (χ4v) is 4.73. The molecule has 26 heavy (non-hydrogen) atoms. The molecule has 5 heteroatoms. The van der Waals surface area contributed by atoms with Crippen molar-refractivity contribution < 1.29 is 14.3 Å². The van der Waals surface area contributed by atoms with Gasteiger partial charge in [-0.3, -0.25) is 4.79 Å². The minimum atomic E-state index is -0.402. The maximum atomic E-state index is 13.1. The molecule has 1 aromatic carbocycles. The summed E-state index contributed by atoms with van der Waals surface area (Å²) in [5.74, 6) is 1.07. The van der Waals surface area contributed by atoms with E-state index in [1.165, 1.54) is 18.4 Å². The monoisotopic (exact) mass is 360 g/mol. The first-order valence-corrected chi connectivity index (χ1v) is 9.77. The second kappa shape index (κ2) is 8.40. The zero-order valence-electron chi connectivity index (χ0n) is 16.1. The fourth-order valence-electron chi connectivity index (χ4n) is 4.73. The van der Waals surface area contributed by atoms with Gasteiger partial charge in [0, 0.05) is 24.6 Å². The Balaban J connectivity index is 1.77. The van der Waals surface area contributed by atoms with Crippen LogP contribution in [0, 0.1) is 5.41 Å². The molecule has 0 atom stereocenters. The molecule has 2 fully saturated rings. The molecule has 2 aliphatic rings. The second-order valence-electron chi connectivity index (χ2n) is 7.83. The molecule has 1 aliphatic heterocycles. The molecule has 0 unspecified atom stereocenters. The second-order valence-corrected chi connectivity index (χ2v) is 7.83. The van der Waals surface area contributed by atoms with E-state index >= 15 is 0 Å². The number of hydrogen-bond acceptors (Lipinski definition) is 4. The van der Waals surface area contributed by atoms with Crippen molar-refractivity contribution in [3.63, 3.8) is 0 Å². The summed E-state index contributed by atoms with van der Waals surface area (Å²) in [6.45, 7) is 2.90. The van der Waals surface area contributed by atoms with Crippen LogP contribution >= 0.6 is 0 Å². The van der Waals surface area contributed by atoms with Crippen LogP contribution in [0.2, 0.25) is 0 Å². The average molecular weight is 360 g/mol. The molecule has 1 aliphatic carbocycles. The van der Waals surface area contributed by atoms with Crippen molar-refractivity contribution in [1.29, 1.82) is 0 Å². The Labute approximate surface area is 156 Å². The molecule has 3 rings (SSSR count). The molecule has 1 amide bonds. The minimum absolute atomic E-state index is 0.0244. The van der Waals surface area contributed by atoms with E-state index in [-0.39, 0.29) is 11.3 Å². The first-order valence-electron chi connectivity index (χ1n) is 9.77. The van der Waals surface area contributed by atoms with Crippen molar-refractivity contribution in [3.05, 3.63) is 29.8 Å². The summed E-state index contributed by atoms with van der Waals surface area (Å²) in [4.78, 5) is 13.1. The molecule has 144 valence electrons. The minimum Gasteiger partial charge on any atom is -0.496 e. The number of hydrogen-bond donors (Lipinski definition) is 2. The van der Waals surface area contributed by atoms with Crippen LogP contribution in [0.3, 0.4) is 0 Å². The van der Waals surface area contributed by atoms with Crippen molar-refractivity contribution in [2.45, 2.75) is 43.9 Å². The smallest absolute Gasteiger partial charge is 0.228 e. The molecule has 1 saturated carbocycles. The Bertz CT molecular complexity index is 600. The Morgan fingerprint density at radius 1 is 1.12 bits per heavy atom. The lowest BCUT2D eigenvalue weighted by Crippen LogP contribution is -2.52. The zero-order chi connectivity index (χ0) is 18.5. The van der Waals surface area contributed by atoms with Crippen LogP contribution in [0.15, 0.2) is 24.3 Å². The van der Waals surface area contributed by atoms with Crippen LogP contribution in [0.25, 0.3) is 0 Å². The SMILES string of the molecule is COCC1(C(=O)NCC2(c3ccccc3OC)CCCC2)CCNCC1. The number of amides is 1. The Morgan fingerprint density at radius 2 is 1.81 bits per heavy atom. The van der Waals surface area contributed by atoms with Gasteiger partial charge in [-0.1, -0.05) is 31.0 Å². The molecule has 5 nitrogen and oxygen atoms in total. The lowest BCUT2D eigenvalue weighted by molar-refractivity contribution is -0.136. The Hall–Kier alpha value is -1.59. The van der Waals surface area contributed by atoms with E-state index in [0.717, 1.165) is 44.5 Å². The van der Waals surface area contributed by atoms with Crippen LogP contribution in [0.4, 0.5) is 0 Å². The number of carbonyl (C=O) groups is 1. The van der Waals surface area contributed by atoms with Crippen molar-refractivity contribution >= 4 is 5.91 Å². The van der Waals surface area contributed by atoms with Gasteiger partial charge in [0.05, 0.1) is 19.1 Å². The highest BCUT2D eigenvalue weighted by molar-refractivity contribution is 5.83. The maximum absolute atomic E-state index is 13.1. The van der Waals surface area contributed by atoms with E-state index in [1.807, 2.05) is 12.1 Å². The predicted molar refractivity (Wildman–Crippen MR) is 103 cm³/mol. The van der Waals surface area contributed by atoms with Gasteiger partial charge in [-0.25, -0.2) is 0 Å².